The van der Waals surface area contributed by atoms with Gasteiger partial charge in [-0.15, -0.1) is 0 Å². The number of hydrogen-bond donors (Lipinski definition) is 2. The molecule has 2 unspecified atom stereocenters. The zero-order chi connectivity index (χ0) is 17.5. The van der Waals surface area contributed by atoms with E-state index in [0.717, 1.165) is 25.1 Å². The van der Waals surface area contributed by atoms with Crippen molar-refractivity contribution in [2.45, 2.75) is 25.0 Å². The highest BCUT2D eigenvalue weighted by Gasteiger charge is 2.18. The van der Waals surface area contributed by atoms with E-state index in [0.29, 0.717) is 17.7 Å². The van der Waals surface area contributed by atoms with Gasteiger partial charge in [-0.1, -0.05) is 30.3 Å². The first-order valence-electron chi connectivity index (χ1n) is 8.63. The fraction of sp³-hybridized carbons (Fsp3) is 0.350. The van der Waals surface area contributed by atoms with Crippen LogP contribution in [0.25, 0.3) is 0 Å². The van der Waals surface area contributed by atoms with E-state index in [1.54, 1.807) is 6.07 Å². The number of para-hydroxylation sites is 1. The summed E-state index contributed by atoms with van der Waals surface area (Å²) in [5.74, 6) is 0.559. The summed E-state index contributed by atoms with van der Waals surface area (Å²) in [5, 5.41) is 6.25. The molecule has 2 aromatic carbocycles. The summed E-state index contributed by atoms with van der Waals surface area (Å²) in [6, 6.07) is 16.7. The Morgan fingerprint density at radius 2 is 2.08 bits per heavy atom. The lowest BCUT2D eigenvalue weighted by Crippen LogP contribution is -2.36. The molecule has 1 fully saturated rings. The SMILES string of the molecule is O=C(NC1CCNC1)c1cccc(CC(CF)Oc2ccccc2)c1. The van der Waals surface area contributed by atoms with Gasteiger partial charge in [0.1, 0.15) is 18.5 Å². The van der Waals surface area contributed by atoms with Crippen LogP contribution in [0.3, 0.4) is 0 Å². The molecule has 0 bridgehead atoms. The Morgan fingerprint density at radius 1 is 1.24 bits per heavy atom. The van der Waals surface area contributed by atoms with Crippen molar-refractivity contribution in [3.63, 3.8) is 0 Å². The summed E-state index contributed by atoms with van der Waals surface area (Å²) >= 11 is 0. The van der Waals surface area contributed by atoms with Crippen LogP contribution in [-0.4, -0.2) is 37.8 Å². The average molecular weight is 342 g/mol. The Labute approximate surface area is 147 Å². The quantitative estimate of drug-likeness (QED) is 0.813. The fourth-order valence-electron chi connectivity index (χ4n) is 2.97. The van der Waals surface area contributed by atoms with Crippen LogP contribution in [-0.2, 0) is 6.42 Å². The third-order valence-electron chi connectivity index (χ3n) is 4.27. The van der Waals surface area contributed by atoms with E-state index in [9.17, 15) is 9.18 Å². The molecular formula is C20H23FN2O2. The molecule has 25 heavy (non-hydrogen) atoms. The molecule has 2 aromatic rings. The lowest BCUT2D eigenvalue weighted by Gasteiger charge is -2.17. The molecule has 2 atom stereocenters. The Morgan fingerprint density at radius 3 is 2.80 bits per heavy atom. The minimum absolute atomic E-state index is 0.0867. The van der Waals surface area contributed by atoms with Crippen LogP contribution in [0.2, 0.25) is 0 Å². The molecule has 1 aliphatic heterocycles. The van der Waals surface area contributed by atoms with Crippen molar-refractivity contribution in [2.24, 2.45) is 0 Å². The smallest absolute Gasteiger partial charge is 0.251 e. The number of rotatable bonds is 7. The molecule has 0 saturated carbocycles. The predicted octanol–water partition coefficient (Wildman–Crippen LogP) is 2.74. The van der Waals surface area contributed by atoms with Gasteiger partial charge in [0, 0.05) is 24.6 Å². The third-order valence-corrected chi connectivity index (χ3v) is 4.27. The lowest BCUT2D eigenvalue weighted by atomic mass is 10.0. The normalized spacial score (nSPS) is 17.9. The van der Waals surface area contributed by atoms with Crippen molar-refractivity contribution >= 4 is 5.91 Å². The number of benzene rings is 2. The molecular weight excluding hydrogens is 319 g/mol. The van der Waals surface area contributed by atoms with Crippen LogP contribution < -0.4 is 15.4 Å². The Balaban J connectivity index is 1.62. The Kier molecular flexibility index (Phi) is 6.01. The summed E-state index contributed by atoms with van der Waals surface area (Å²) in [4.78, 5) is 12.4. The van der Waals surface area contributed by atoms with Crippen molar-refractivity contribution in [1.82, 2.24) is 10.6 Å². The first-order chi connectivity index (χ1) is 12.2. The molecule has 132 valence electrons. The monoisotopic (exact) mass is 342 g/mol. The second-order valence-corrected chi connectivity index (χ2v) is 6.27. The molecule has 0 radical (unpaired) electrons. The maximum atomic E-state index is 13.3. The minimum Gasteiger partial charge on any atom is -0.487 e. The van der Waals surface area contributed by atoms with E-state index < -0.39 is 12.8 Å². The zero-order valence-electron chi connectivity index (χ0n) is 14.1. The summed E-state index contributed by atoms with van der Waals surface area (Å²) in [6.45, 7) is 1.15. The van der Waals surface area contributed by atoms with Crippen molar-refractivity contribution < 1.29 is 13.9 Å². The van der Waals surface area contributed by atoms with Crippen LogP contribution in [0, 0.1) is 0 Å². The Bertz CT molecular complexity index is 687. The second-order valence-electron chi connectivity index (χ2n) is 6.27. The van der Waals surface area contributed by atoms with Crippen LogP contribution in [0.15, 0.2) is 54.6 Å². The third kappa shape index (κ3) is 5.03. The highest BCUT2D eigenvalue weighted by atomic mass is 19.1. The lowest BCUT2D eigenvalue weighted by molar-refractivity contribution is 0.0939. The standard InChI is InChI=1S/C20H23FN2O2/c21-13-19(25-18-7-2-1-3-8-18)12-15-5-4-6-16(11-15)20(24)23-17-9-10-22-14-17/h1-8,11,17,19,22H,9-10,12-14H2,(H,23,24). The van der Waals surface area contributed by atoms with Gasteiger partial charge in [0.25, 0.3) is 5.91 Å². The van der Waals surface area contributed by atoms with Gasteiger partial charge in [-0.25, -0.2) is 4.39 Å². The fourth-order valence-corrected chi connectivity index (χ4v) is 2.97. The van der Waals surface area contributed by atoms with Crippen LogP contribution in [0.4, 0.5) is 4.39 Å². The van der Waals surface area contributed by atoms with Gasteiger partial charge in [0.15, 0.2) is 0 Å². The first-order valence-corrected chi connectivity index (χ1v) is 8.63. The van der Waals surface area contributed by atoms with Gasteiger partial charge in [0.05, 0.1) is 0 Å². The first kappa shape index (κ1) is 17.4. The van der Waals surface area contributed by atoms with Gasteiger partial charge in [0.2, 0.25) is 0 Å². The summed E-state index contributed by atoms with van der Waals surface area (Å²) in [7, 11) is 0. The number of nitrogens with one attached hydrogen (secondary N) is 2. The molecule has 1 aliphatic rings. The van der Waals surface area contributed by atoms with Crippen LogP contribution in [0.5, 0.6) is 5.75 Å². The van der Waals surface area contributed by atoms with E-state index in [1.807, 2.05) is 48.5 Å². The van der Waals surface area contributed by atoms with Gasteiger partial charge < -0.3 is 15.4 Å². The number of amides is 1. The number of ether oxygens (including phenoxy) is 1. The largest absolute Gasteiger partial charge is 0.487 e. The maximum absolute atomic E-state index is 13.3. The van der Waals surface area contributed by atoms with Crippen LogP contribution in [0.1, 0.15) is 22.3 Å². The van der Waals surface area contributed by atoms with Crippen LogP contribution >= 0.6 is 0 Å². The molecule has 2 N–H and O–H groups in total. The van der Waals surface area contributed by atoms with Crippen molar-refractivity contribution in [1.29, 1.82) is 0 Å². The number of carbonyl (C=O) groups excluding carboxylic acids is 1. The molecule has 3 rings (SSSR count). The molecule has 1 heterocycles. The molecule has 1 amide bonds. The minimum atomic E-state index is -0.584. The van der Waals surface area contributed by atoms with Crippen molar-refractivity contribution in [3.05, 3.63) is 65.7 Å². The number of carbonyl (C=O) groups is 1. The van der Waals surface area contributed by atoms with Gasteiger partial charge in [-0.2, -0.15) is 0 Å². The van der Waals surface area contributed by atoms with Gasteiger partial charge >= 0.3 is 0 Å². The van der Waals surface area contributed by atoms with Gasteiger partial charge in [-0.3, -0.25) is 4.79 Å². The molecule has 5 heteroatoms. The highest BCUT2D eigenvalue weighted by molar-refractivity contribution is 5.94. The van der Waals surface area contributed by atoms with E-state index in [-0.39, 0.29) is 11.9 Å². The Hall–Kier alpha value is -2.40. The van der Waals surface area contributed by atoms with E-state index in [4.69, 9.17) is 4.74 Å². The molecule has 1 saturated heterocycles. The number of alkyl halides is 1. The number of hydrogen-bond acceptors (Lipinski definition) is 3. The van der Waals surface area contributed by atoms with Crippen molar-refractivity contribution in [2.75, 3.05) is 19.8 Å². The zero-order valence-corrected chi connectivity index (χ0v) is 14.1. The van der Waals surface area contributed by atoms with Gasteiger partial charge in [-0.05, 0) is 42.8 Å². The molecule has 0 aromatic heterocycles. The highest BCUT2D eigenvalue weighted by Crippen LogP contribution is 2.15. The average Bonchev–Trinajstić information content (AvgIpc) is 3.15. The summed E-state index contributed by atoms with van der Waals surface area (Å²) in [5.41, 5.74) is 1.48. The summed E-state index contributed by atoms with van der Waals surface area (Å²) in [6.07, 6.45) is 0.789. The van der Waals surface area contributed by atoms with E-state index in [1.165, 1.54) is 0 Å². The maximum Gasteiger partial charge on any atom is 0.251 e. The van der Waals surface area contributed by atoms with E-state index in [2.05, 4.69) is 10.6 Å². The molecule has 0 aliphatic carbocycles. The second kappa shape index (κ2) is 8.62. The molecule has 4 nitrogen and oxygen atoms in total. The predicted molar refractivity (Wildman–Crippen MR) is 95.7 cm³/mol. The van der Waals surface area contributed by atoms with E-state index >= 15 is 0 Å². The topological polar surface area (TPSA) is 50.4 Å². The molecule has 0 spiro atoms. The number of halogens is 1. The summed E-state index contributed by atoms with van der Waals surface area (Å²) < 4.78 is 19.0. The van der Waals surface area contributed by atoms with Crippen molar-refractivity contribution in [3.8, 4) is 5.75 Å².